The second-order valence-corrected chi connectivity index (χ2v) is 4.43. The van der Waals surface area contributed by atoms with Crippen molar-refractivity contribution in [3.05, 3.63) is 29.3 Å². The van der Waals surface area contributed by atoms with E-state index < -0.39 is 0 Å². The Balaban J connectivity index is 2.87. The number of hydrogen-bond acceptors (Lipinski definition) is 2. The molecule has 1 rings (SSSR count). The van der Waals surface area contributed by atoms with Crippen LogP contribution in [0.1, 0.15) is 43.9 Å². The van der Waals surface area contributed by atoms with Crippen molar-refractivity contribution >= 4 is 0 Å². The van der Waals surface area contributed by atoms with E-state index >= 15 is 0 Å². The molecule has 90 valence electrons. The van der Waals surface area contributed by atoms with Gasteiger partial charge in [0.25, 0.3) is 0 Å². The van der Waals surface area contributed by atoms with Crippen LogP contribution in [0.3, 0.4) is 0 Å². The maximum Gasteiger partial charge on any atom is 0.119 e. The summed E-state index contributed by atoms with van der Waals surface area (Å²) < 4.78 is 5.16. The highest BCUT2D eigenvalue weighted by atomic mass is 16.5. The molecule has 0 aromatic heterocycles. The molecule has 16 heavy (non-hydrogen) atoms. The van der Waals surface area contributed by atoms with Gasteiger partial charge in [-0.3, -0.25) is 0 Å². The van der Waals surface area contributed by atoms with Crippen LogP contribution in [-0.2, 0) is 0 Å². The molecule has 0 spiro atoms. The number of ether oxygens (including phenoxy) is 1. The van der Waals surface area contributed by atoms with E-state index in [-0.39, 0.29) is 6.10 Å². The van der Waals surface area contributed by atoms with E-state index in [0.29, 0.717) is 5.92 Å². The highest BCUT2D eigenvalue weighted by molar-refractivity contribution is 5.36. The first-order valence-corrected chi connectivity index (χ1v) is 5.92. The molecule has 2 atom stereocenters. The Kier molecular flexibility index (Phi) is 4.81. The van der Waals surface area contributed by atoms with Gasteiger partial charge in [-0.25, -0.2) is 0 Å². The monoisotopic (exact) mass is 222 g/mol. The number of benzene rings is 1. The predicted octanol–water partition coefficient (Wildman–Crippen LogP) is 3.47. The number of aliphatic hydroxyl groups excluding tert-OH is 1. The first-order chi connectivity index (χ1) is 7.60. The SMILES string of the molecule is CCCC(C)C(O)c1ccc(OC)cc1C. The Morgan fingerprint density at radius 2 is 2.06 bits per heavy atom. The number of hydrogen-bond donors (Lipinski definition) is 1. The third kappa shape index (κ3) is 2.99. The summed E-state index contributed by atoms with van der Waals surface area (Å²) in [6.45, 7) is 6.25. The molecule has 0 radical (unpaired) electrons. The van der Waals surface area contributed by atoms with Gasteiger partial charge < -0.3 is 9.84 Å². The zero-order valence-corrected chi connectivity index (χ0v) is 10.7. The van der Waals surface area contributed by atoms with Crippen LogP contribution in [0.2, 0.25) is 0 Å². The Hall–Kier alpha value is -1.02. The molecular formula is C14H22O2. The third-order valence-corrected chi connectivity index (χ3v) is 3.08. The Bertz CT molecular complexity index is 334. The molecule has 0 heterocycles. The quantitative estimate of drug-likeness (QED) is 0.826. The normalized spacial score (nSPS) is 14.6. The van der Waals surface area contributed by atoms with Crippen molar-refractivity contribution < 1.29 is 9.84 Å². The number of methoxy groups -OCH3 is 1. The van der Waals surface area contributed by atoms with Gasteiger partial charge in [0.15, 0.2) is 0 Å². The summed E-state index contributed by atoms with van der Waals surface area (Å²) in [6.07, 6.45) is 1.78. The van der Waals surface area contributed by atoms with Gasteiger partial charge in [0.2, 0.25) is 0 Å². The van der Waals surface area contributed by atoms with Crippen LogP contribution in [0.4, 0.5) is 0 Å². The van der Waals surface area contributed by atoms with E-state index in [0.717, 1.165) is 29.7 Å². The summed E-state index contributed by atoms with van der Waals surface area (Å²) in [6, 6.07) is 5.84. The molecule has 0 saturated carbocycles. The molecule has 2 unspecified atom stereocenters. The second-order valence-electron chi connectivity index (χ2n) is 4.43. The van der Waals surface area contributed by atoms with Gasteiger partial charge >= 0.3 is 0 Å². The molecular weight excluding hydrogens is 200 g/mol. The summed E-state index contributed by atoms with van der Waals surface area (Å²) in [7, 11) is 1.66. The molecule has 0 bridgehead atoms. The van der Waals surface area contributed by atoms with Crippen molar-refractivity contribution in [3.63, 3.8) is 0 Å². The number of aryl methyl sites for hydroxylation is 1. The molecule has 0 fully saturated rings. The van der Waals surface area contributed by atoms with E-state index in [4.69, 9.17) is 4.74 Å². The topological polar surface area (TPSA) is 29.5 Å². The largest absolute Gasteiger partial charge is 0.497 e. The van der Waals surface area contributed by atoms with Crippen molar-refractivity contribution in [2.75, 3.05) is 7.11 Å². The number of rotatable bonds is 5. The lowest BCUT2D eigenvalue weighted by molar-refractivity contribution is 0.111. The van der Waals surface area contributed by atoms with Crippen LogP contribution in [0.5, 0.6) is 5.75 Å². The lowest BCUT2D eigenvalue weighted by Crippen LogP contribution is -2.10. The molecule has 0 aliphatic heterocycles. The first-order valence-electron chi connectivity index (χ1n) is 5.92. The van der Waals surface area contributed by atoms with E-state index in [1.165, 1.54) is 0 Å². The maximum absolute atomic E-state index is 10.2. The molecule has 1 N–H and O–H groups in total. The molecule has 0 aliphatic carbocycles. The standard InChI is InChI=1S/C14H22O2/c1-5-6-10(2)14(15)13-8-7-12(16-4)9-11(13)3/h7-10,14-15H,5-6H2,1-4H3. The lowest BCUT2D eigenvalue weighted by atomic mass is 9.91. The highest BCUT2D eigenvalue weighted by Gasteiger charge is 2.17. The summed E-state index contributed by atoms with van der Waals surface area (Å²) in [4.78, 5) is 0. The summed E-state index contributed by atoms with van der Waals surface area (Å²) in [5, 5.41) is 10.2. The van der Waals surface area contributed by atoms with Gasteiger partial charge in [0, 0.05) is 0 Å². The zero-order valence-electron chi connectivity index (χ0n) is 10.7. The van der Waals surface area contributed by atoms with Crippen LogP contribution in [-0.4, -0.2) is 12.2 Å². The summed E-state index contributed by atoms with van der Waals surface area (Å²) in [5.41, 5.74) is 2.11. The van der Waals surface area contributed by atoms with E-state index in [1.54, 1.807) is 7.11 Å². The van der Waals surface area contributed by atoms with Crippen LogP contribution in [0.15, 0.2) is 18.2 Å². The average Bonchev–Trinajstić information content (AvgIpc) is 2.28. The smallest absolute Gasteiger partial charge is 0.119 e. The van der Waals surface area contributed by atoms with Gasteiger partial charge in [0.1, 0.15) is 5.75 Å². The Morgan fingerprint density at radius 1 is 1.38 bits per heavy atom. The van der Waals surface area contributed by atoms with E-state index in [9.17, 15) is 5.11 Å². The van der Waals surface area contributed by atoms with Crippen molar-refractivity contribution in [2.45, 2.75) is 39.7 Å². The number of aliphatic hydroxyl groups is 1. The van der Waals surface area contributed by atoms with Crippen LogP contribution in [0, 0.1) is 12.8 Å². The fraction of sp³-hybridized carbons (Fsp3) is 0.571. The highest BCUT2D eigenvalue weighted by Crippen LogP contribution is 2.29. The molecule has 2 heteroatoms. The van der Waals surface area contributed by atoms with Crippen molar-refractivity contribution in [1.29, 1.82) is 0 Å². The molecule has 0 aliphatic rings. The molecule has 0 amide bonds. The fourth-order valence-corrected chi connectivity index (χ4v) is 2.03. The van der Waals surface area contributed by atoms with Crippen LogP contribution in [0.25, 0.3) is 0 Å². The van der Waals surface area contributed by atoms with Gasteiger partial charge in [-0.2, -0.15) is 0 Å². The van der Waals surface area contributed by atoms with Crippen molar-refractivity contribution in [3.8, 4) is 5.75 Å². The molecule has 1 aromatic carbocycles. The van der Waals surface area contributed by atoms with E-state index in [1.807, 2.05) is 25.1 Å². The molecule has 2 nitrogen and oxygen atoms in total. The first kappa shape index (κ1) is 13.0. The summed E-state index contributed by atoms with van der Waals surface area (Å²) in [5.74, 6) is 1.15. The second kappa shape index (κ2) is 5.90. The Labute approximate surface area is 98.3 Å². The minimum absolute atomic E-state index is 0.303. The van der Waals surface area contributed by atoms with Gasteiger partial charge in [-0.15, -0.1) is 0 Å². The van der Waals surface area contributed by atoms with Crippen LogP contribution >= 0.6 is 0 Å². The van der Waals surface area contributed by atoms with Gasteiger partial charge in [-0.05, 0) is 42.5 Å². The lowest BCUT2D eigenvalue weighted by Gasteiger charge is -2.20. The minimum Gasteiger partial charge on any atom is -0.497 e. The third-order valence-electron chi connectivity index (χ3n) is 3.08. The maximum atomic E-state index is 10.2. The van der Waals surface area contributed by atoms with Gasteiger partial charge in [0.05, 0.1) is 13.2 Å². The molecule has 0 saturated heterocycles. The Morgan fingerprint density at radius 3 is 2.56 bits per heavy atom. The average molecular weight is 222 g/mol. The predicted molar refractivity (Wildman–Crippen MR) is 66.8 cm³/mol. The molecule has 1 aromatic rings. The zero-order chi connectivity index (χ0) is 12.1. The van der Waals surface area contributed by atoms with Crippen LogP contribution < -0.4 is 4.74 Å². The fourth-order valence-electron chi connectivity index (χ4n) is 2.03. The van der Waals surface area contributed by atoms with Crippen molar-refractivity contribution in [1.82, 2.24) is 0 Å². The minimum atomic E-state index is -0.370. The van der Waals surface area contributed by atoms with Crippen molar-refractivity contribution in [2.24, 2.45) is 5.92 Å². The van der Waals surface area contributed by atoms with Gasteiger partial charge in [-0.1, -0.05) is 26.3 Å². The summed E-state index contributed by atoms with van der Waals surface area (Å²) >= 11 is 0. The van der Waals surface area contributed by atoms with E-state index in [2.05, 4.69) is 13.8 Å².